The van der Waals surface area contributed by atoms with E-state index in [-0.39, 0.29) is 23.6 Å². The van der Waals surface area contributed by atoms with Gasteiger partial charge in [0.1, 0.15) is 10.8 Å². The van der Waals surface area contributed by atoms with Crippen molar-refractivity contribution in [2.75, 3.05) is 13.1 Å². The van der Waals surface area contributed by atoms with Crippen molar-refractivity contribution in [3.63, 3.8) is 0 Å². The zero-order chi connectivity index (χ0) is 17.9. The van der Waals surface area contributed by atoms with Crippen molar-refractivity contribution in [2.24, 2.45) is 5.92 Å². The second-order valence-electron chi connectivity index (χ2n) is 7.03. The highest BCUT2D eigenvalue weighted by atomic mass is 32.1. The molecule has 1 amide bonds. The van der Waals surface area contributed by atoms with Gasteiger partial charge in [-0.15, -0.1) is 10.2 Å². The van der Waals surface area contributed by atoms with Gasteiger partial charge in [0.05, 0.1) is 0 Å². The second kappa shape index (κ2) is 7.66. The molecular formula is C20H22FN3OS. The van der Waals surface area contributed by atoms with E-state index < -0.39 is 0 Å². The second-order valence-corrected chi connectivity index (χ2v) is 8.04. The van der Waals surface area contributed by atoms with E-state index in [1.54, 1.807) is 18.2 Å². The van der Waals surface area contributed by atoms with Gasteiger partial charge in [0.2, 0.25) is 5.91 Å². The van der Waals surface area contributed by atoms with Crippen molar-refractivity contribution in [2.45, 2.75) is 38.0 Å². The van der Waals surface area contributed by atoms with Crippen molar-refractivity contribution in [3.8, 4) is 10.6 Å². The zero-order valence-electron chi connectivity index (χ0n) is 14.6. The molecule has 2 heterocycles. The molecule has 0 saturated carbocycles. The minimum absolute atomic E-state index is 0.127. The first kappa shape index (κ1) is 17.3. The highest BCUT2D eigenvalue weighted by Gasteiger charge is 2.31. The van der Waals surface area contributed by atoms with Gasteiger partial charge < -0.3 is 4.90 Å². The summed E-state index contributed by atoms with van der Waals surface area (Å²) in [4.78, 5) is 14.8. The summed E-state index contributed by atoms with van der Waals surface area (Å²) in [7, 11) is 0. The Labute approximate surface area is 156 Å². The normalized spacial score (nSPS) is 23.2. The summed E-state index contributed by atoms with van der Waals surface area (Å²) in [5.41, 5.74) is 0.494. The summed E-state index contributed by atoms with van der Waals surface area (Å²) in [6, 6.07) is 6.65. The van der Waals surface area contributed by atoms with E-state index in [0.717, 1.165) is 43.7 Å². The summed E-state index contributed by atoms with van der Waals surface area (Å²) in [6.07, 6.45) is 9.07. The highest BCUT2D eigenvalue weighted by Crippen LogP contribution is 2.34. The van der Waals surface area contributed by atoms with E-state index in [9.17, 15) is 9.18 Å². The van der Waals surface area contributed by atoms with Gasteiger partial charge in [-0.25, -0.2) is 4.39 Å². The molecule has 1 aliphatic carbocycles. The molecule has 2 aromatic rings. The van der Waals surface area contributed by atoms with Crippen LogP contribution in [0.4, 0.5) is 4.39 Å². The van der Waals surface area contributed by atoms with Crippen LogP contribution in [0.1, 0.15) is 43.0 Å². The molecule has 136 valence electrons. The molecule has 0 bridgehead atoms. The number of carbonyl (C=O) groups is 1. The number of aromatic nitrogens is 2. The average molecular weight is 371 g/mol. The largest absolute Gasteiger partial charge is 0.342 e. The number of amides is 1. The molecule has 1 saturated heterocycles. The zero-order valence-corrected chi connectivity index (χ0v) is 15.4. The predicted octanol–water partition coefficient (Wildman–Crippen LogP) is 4.41. The Morgan fingerprint density at radius 3 is 2.88 bits per heavy atom. The predicted molar refractivity (Wildman–Crippen MR) is 100 cm³/mol. The average Bonchev–Trinajstić information content (AvgIpc) is 3.18. The maximum atomic E-state index is 14.0. The van der Waals surface area contributed by atoms with Crippen LogP contribution in [0.2, 0.25) is 0 Å². The summed E-state index contributed by atoms with van der Waals surface area (Å²) in [6.45, 7) is 1.53. The van der Waals surface area contributed by atoms with Crippen LogP contribution >= 0.6 is 11.3 Å². The number of rotatable bonds is 3. The Morgan fingerprint density at radius 1 is 1.19 bits per heavy atom. The molecule has 6 heteroatoms. The Hall–Kier alpha value is -2.08. The van der Waals surface area contributed by atoms with Crippen LogP contribution in [0.15, 0.2) is 36.4 Å². The van der Waals surface area contributed by atoms with Gasteiger partial charge in [-0.3, -0.25) is 4.79 Å². The fourth-order valence-electron chi connectivity index (χ4n) is 3.80. The van der Waals surface area contributed by atoms with Crippen LogP contribution in [0.5, 0.6) is 0 Å². The van der Waals surface area contributed by atoms with E-state index in [1.807, 2.05) is 4.90 Å². The molecule has 2 unspecified atom stereocenters. The lowest BCUT2D eigenvalue weighted by Gasteiger charge is -2.34. The van der Waals surface area contributed by atoms with Crippen LogP contribution in [-0.2, 0) is 4.79 Å². The number of halogens is 1. The minimum atomic E-state index is -0.277. The Kier molecular flexibility index (Phi) is 5.11. The quantitative estimate of drug-likeness (QED) is 0.751. The van der Waals surface area contributed by atoms with Crippen LogP contribution in [0, 0.1) is 11.7 Å². The van der Waals surface area contributed by atoms with Crippen LogP contribution in [0.3, 0.4) is 0 Å². The number of allylic oxidation sites excluding steroid dienone is 2. The van der Waals surface area contributed by atoms with E-state index in [1.165, 1.54) is 17.4 Å². The number of nitrogens with zero attached hydrogens (tertiary/aromatic N) is 3. The van der Waals surface area contributed by atoms with Crippen LogP contribution in [0.25, 0.3) is 10.6 Å². The molecule has 0 N–H and O–H groups in total. The van der Waals surface area contributed by atoms with Crippen molar-refractivity contribution in [3.05, 3.63) is 47.2 Å². The first-order valence-electron chi connectivity index (χ1n) is 9.24. The number of likely N-dealkylation sites (tertiary alicyclic amines) is 1. The van der Waals surface area contributed by atoms with Crippen molar-refractivity contribution < 1.29 is 9.18 Å². The molecule has 4 rings (SSSR count). The van der Waals surface area contributed by atoms with Gasteiger partial charge in [0.25, 0.3) is 0 Å². The molecule has 1 aliphatic heterocycles. The first-order chi connectivity index (χ1) is 12.7. The lowest BCUT2D eigenvalue weighted by molar-refractivity contribution is -0.137. The number of hydrogen-bond donors (Lipinski definition) is 0. The van der Waals surface area contributed by atoms with Crippen molar-refractivity contribution >= 4 is 17.2 Å². The number of piperidine rings is 1. The fourth-order valence-corrected chi connectivity index (χ4v) is 4.79. The van der Waals surface area contributed by atoms with E-state index in [2.05, 4.69) is 22.3 Å². The fraction of sp³-hybridized carbons (Fsp3) is 0.450. The number of hydrogen-bond acceptors (Lipinski definition) is 4. The molecule has 0 radical (unpaired) electrons. The van der Waals surface area contributed by atoms with Gasteiger partial charge >= 0.3 is 0 Å². The molecule has 26 heavy (non-hydrogen) atoms. The number of carbonyl (C=O) groups excluding carboxylic acids is 1. The highest BCUT2D eigenvalue weighted by molar-refractivity contribution is 7.14. The minimum Gasteiger partial charge on any atom is -0.342 e. The molecular weight excluding hydrogens is 349 g/mol. The molecule has 1 aromatic heterocycles. The SMILES string of the molecule is O=C(C1CC=CCC1)N1CCCC(c2nnc(-c3ccccc3F)s2)C1. The first-order valence-corrected chi connectivity index (χ1v) is 10.1. The lowest BCUT2D eigenvalue weighted by Crippen LogP contribution is -2.42. The van der Waals surface area contributed by atoms with Gasteiger partial charge in [0, 0.05) is 30.5 Å². The van der Waals surface area contributed by atoms with Gasteiger partial charge in [0.15, 0.2) is 5.01 Å². The van der Waals surface area contributed by atoms with E-state index in [4.69, 9.17) is 0 Å². The number of benzene rings is 1. The third kappa shape index (κ3) is 3.56. The maximum absolute atomic E-state index is 14.0. The molecule has 0 spiro atoms. The standard InChI is InChI=1S/C20H22FN3OS/c21-17-11-5-4-10-16(17)19-23-22-18(26-19)15-9-6-12-24(13-15)20(25)14-7-2-1-3-8-14/h1-2,4-5,10-11,14-15H,3,6-9,12-13H2. The summed E-state index contributed by atoms with van der Waals surface area (Å²) in [5.74, 6) is 0.325. The molecule has 1 fully saturated rings. The summed E-state index contributed by atoms with van der Waals surface area (Å²) in [5, 5.41) is 10.0. The Balaban J connectivity index is 1.47. The van der Waals surface area contributed by atoms with Crippen molar-refractivity contribution in [1.29, 1.82) is 0 Å². The third-order valence-corrected chi connectivity index (χ3v) is 6.36. The third-order valence-electron chi connectivity index (χ3n) is 5.25. The van der Waals surface area contributed by atoms with E-state index in [0.29, 0.717) is 17.1 Å². The summed E-state index contributed by atoms with van der Waals surface area (Å²) >= 11 is 1.44. The monoisotopic (exact) mass is 371 g/mol. The Bertz CT molecular complexity index is 819. The van der Waals surface area contributed by atoms with Crippen LogP contribution < -0.4 is 0 Å². The Morgan fingerprint density at radius 2 is 2.08 bits per heavy atom. The molecule has 1 aromatic carbocycles. The molecule has 2 atom stereocenters. The topological polar surface area (TPSA) is 46.1 Å². The van der Waals surface area contributed by atoms with Gasteiger partial charge in [-0.1, -0.05) is 35.6 Å². The van der Waals surface area contributed by atoms with Gasteiger partial charge in [-0.05, 0) is 44.2 Å². The molecule has 4 nitrogen and oxygen atoms in total. The lowest BCUT2D eigenvalue weighted by atomic mass is 9.91. The van der Waals surface area contributed by atoms with E-state index >= 15 is 0 Å². The molecule has 2 aliphatic rings. The maximum Gasteiger partial charge on any atom is 0.226 e. The smallest absolute Gasteiger partial charge is 0.226 e. The van der Waals surface area contributed by atoms with Crippen LogP contribution in [-0.4, -0.2) is 34.1 Å². The van der Waals surface area contributed by atoms with Crippen molar-refractivity contribution in [1.82, 2.24) is 15.1 Å². The summed E-state index contributed by atoms with van der Waals surface area (Å²) < 4.78 is 14.0. The van der Waals surface area contributed by atoms with Gasteiger partial charge in [-0.2, -0.15) is 0 Å².